The molecule has 31 heavy (non-hydrogen) atoms. The van der Waals surface area contributed by atoms with Gasteiger partial charge in [0, 0.05) is 28.6 Å². The first-order chi connectivity index (χ1) is 14.7. The van der Waals surface area contributed by atoms with E-state index in [0.29, 0.717) is 5.58 Å². The summed E-state index contributed by atoms with van der Waals surface area (Å²) in [4.78, 5) is 45.6. The maximum atomic E-state index is 12.0. The molecule has 0 aliphatic heterocycles. The minimum Gasteiger partial charge on any atom is -0.482 e. The third-order valence-corrected chi connectivity index (χ3v) is 4.31. The number of nitrogens with zero attached hydrogens (tertiary/aromatic N) is 1. The highest BCUT2D eigenvalue weighted by Crippen LogP contribution is 2.27. The van der Waals surface area contributed by atoms with Gasteiger partial charge in [-0.15, -0.1) is 0 Å². The Hall–Kier alpha value is -3.92. The molecule has 10 nitrogen and oxygen atoms in total. The summed E-state index contributed by atoms with van der Waals surface area (Å²) >= 11 is 5.79. The largest absolute Gasteiger partial charge is 0.482 e. The van der Waals surface area contributed by atoms with Crippen LogP contribution in [-0.2, 0) is 14.3 Å². The first-order valence-electron chi connectivity index (χ1n) is 8.79. The molecule has 3 rings (SSSR count). The molecule has 0 spiro atoms. The van der Waals surface area contributed by atoms with Crippen LogP contribution in [0.5, 0.6) is 5.75 Å². The Balaban J connectivity index is 1.54. The zero-order valence-corrected chi connectivity index (χ0v) is 16.8. The van der Waals surface area contributed by atoms with E-state index in [9.17, 15) is 24.5 Å². The van der Waals surface area contributed by atoms with Gasteiger partial charge in [-0.2, -0.15) is 0 Å². The standard InChI is InChI=1S/C20H15ClN2O8/c1-11-6-19(25)31-17-8-13(3-4-14(11)17)29-10-20(26)30-9-18(24)22-15-7-12(21)2-5-16(15)23(27)28/h2-8H,9-10H2,1H3,(H,22,24). The number of nitro groups is 1. The Morgan fingerprint density at radius 3 is 2.68 bits per heavy atom. The van der Waals surface area contributed by atoms with Gasteiger partial charge in [0.2, 0.25) is 0 Å². The fourth-order valence-electron chi connectivity index (χ4n) is 2.68. The lowest BCUT2D eigenvalue weighted by Crippen LogP contribution is -2.24. The zero-order valence-electron chi connectivity index (χ0n) is 16.0. The molecule has 0 radical (unpaired) electrons. The van der Waals surface area contributed by atoms with Gasteiger partial charge in [0.1, 0.15) is 17.0 Å². The number of halogens is 1. The average Bonchev–Trinajstić information content (AvgIpc) is 2.70. The molecule has 0 saturated heterocycles. The van der Waals surface area contributed by atoms with Crippen LogP contribution in [-0.4, -0.2) is 30.0 Å². The van der Waals surface area contributed by atoms with Crippen LogP contribution in [0, 0.1) is 17.0 Å². The molecule has 11 heteroatoms. The van der Waals surface area contributed by atoms with E-state index in [1.165, 1.54) is 24.3 Å². The van der Waals surface area contributed by atoms with Crippen molar-refractivity contribution in [3.8, 4) is 5.75 Å². The van der Waals surface area contributed by atoms with E-state index in [-0.39, 0.29) is 22.1 Å². The molecule has 1 heterocycles. The smallest absolute Gasteiger partial charge is 0.344 e. The predicted octanol–water partition coefficient (Wildman–Crippen LogP) is 3.22. The topological polar surface area (TPSA) is 138 Å². The molecule has 0 fully saturated rings. The number of aryl methyl sites for hydroxylation is 1. The van der Waals surface area contributed by atoms with E-state index < -0.39 is 35.6 Å². The number of carbonyl (C=O) groups excluding carboxylic acids is 2. The van der Waals surface area contributed by atoms with E-state index in [1.54, 1.807) is 19.1 Å². The molecule has 1 N–H and O–H groups in total. The summed E-state index contributed by atoms with van der Waals surface area (Å²) in [5, 5.41) is 14.2. The lowest BCUT2D eigenvalue weighted by atomic mass is 10.1. The van der Waals surface area contributed by atoms with Gasteiger partial charge in [-0.25, -0.2) is 9.59 Å². The van der Waals surface area contributed by atoms with Gasteiger partial charge >= 0.3 is 11.6 Å². The molecule has 1 aromatic heterocycles. The Morgan fingerprint density at radius 2 is 1.94 bits per heavy atom. The molecule has 0 bridgehead atoms. The van der Waals surface area contributed by atoms with Crippen LogP contribution in [0.1, 0.15) is 5.56 Å². The van der Waals surface area contributed by atoms with Gasteiger partial charge in [0.15, 0.2) is 13.2 Å². The number of nitrogens with one attached hydrogen (secondary N) is 1. The maximum Gasteiger partial charge on any atom is 0.344 e. The van der Waals surface area contributed by atoms with Crippen molar-refractivity contribution in [3.05, 3.63) is 73.6 Å². The third kappa shape index (κ3) is 5.58. The summed E-state index contributed by atoms with van der Waals surface area (Å²) in [7, 11) is 0. The maximum absolute atomic E-state index is 12.0. The highest BCUT2D eigenvalue weighted by Gasteiger charge is 2.17. The molecule has 2 aromatic carbocycles. The van der Waals surface area contributed by atoms with Crippen LogP contribution in [0.2, 0.25) is 5.02 Å². The molecular weight excluding hydrogens is 432 g/mol. The number of anilines is 1. The number of nitro benzene ring substituents is 1. The lowest BCUT2D eigenvalue weighted by Gasteiger charge is -2.09. The zero-order chi connectivity index (χ0) is 22.5. The minimum absolute atomic E-state index is 0.122. The minimum atomic E-state index is -0.846. The van der Waals surface area contributed by atoms with Crippen molar-refractivity contribution in [3.63, 3.8) is 0 Å². The summed E-state index contributed by atoms with van der Waals surface area (Å²) in [6.07, 6.45) is 0. The van der Waals surface area contributed by atoms with Crippen LogP contribution >= 0.6 is 11.6 Å². The molecule has 0 atom stereocenters. The SMILES string of the molecule is Cc1cc(=O)oc2cc(OCC(=O)OCC(=O)Nc3cc(Cl)ccc3[N+](=O)[O-])ccc12. The Labute approximate surface area is 179 Å². The molecule has 1 amide bonds. The van der Waals surface area contributed by atoms with Gasteiger partial charge in [-0.1, -0.05) is 11.6 Å². The van der Waals surface area contributed by atoms with Crippen molar-refractivity contribution < 1.29 is 28.4 Å². The number of benzene rings is 2. The first kappa shape index (κ1) is 21.8. The van der Waals surface area contributed by atoms with Crippen LogP contribution in [0.25, 0.3) is 11.0 Å². The quantitative estimate of drug-likeness (QED) is 0.252. The van der Waals surface area contributed by atoms with E-state index in [1.807, 2.05) is 0 Å². The average molecular weight is 447 g/mol. The number of carbonyl (C=O) groups is 2. The predicted molar refractivity (Wildman–Crippen MR) is 110 cm³/mol. The Kier molecular flexibility index (Phi) is 6.51. The number of hydrogen-bond acceptors (Lipinski definition) is 8. The van der Waals surface area contributed by atoms with Gasteiger partial charge in [0.25, 0.3) is 11.6 Å². The molecular formula is C20H15ClN2O8. The van der Waals surface area contributed by atoms with E-state index >= 15 is 0 Å². The second-order valence-corrected chi connectivity index (χ2v) is 6.76. The van der Waals surface area contributed by atoms with Gasteiger partial charge in [-0.05, 0) is 36.8 Å². The Bertz CT molecular complexity index is 1240. The normalized spacial score (nSPS) is 10.5. The van der Waals surface area contributed by atoms with Crippen molar-refractivity contribution in [2.24, 2.45) is 0 Å². The number of fused-ring (bicyclic) bond motifs is 1. The molecule has 0 aliphatic carbocycles. The number of amides is 1. The van der Waals surface area contributed by atoms with Crippen molar-refractivity contribution in [2.75, 3.05) is 18.5 Å². The molecule has 0 saturated carbocycles. The number of ether oxygens (including phenoxy) is 2. The van der Waals surface area contributed by atoms with Crippen molar-refractivity contribution in [1.29, 1.82) is 0 Å². The molecule has 3 aromatic rings. The van der Waals surface area contributed by atoms with Gasteiger partial charge < -0.3 is 19.2 Å². The lowest BCUT2D eigenvalue weighted by molar-refractivity contribution is -0.383. The van der Waals surface area contributed by atoms with E-state index in [0.717, 1.165) is 17.0 Å². The number of rotatable bonds is 7. The van der Waals surface area contributed by atoms with Crippen LogP contribution in [0.3, 0.4) is 0 Å². The highest BCUT2D eigenvalue weighted by atomic mass is 35.5. The Morgan fingerprint density at radius 1 is 1.16 bits per heavy atom. The summed E-state index contributed by atoms with van der Waals surface area (Å²) in [6.45, 7) is 0.573. The second kappa shape index (κ2) is 9.26. The monoisotopic (exact) mass is 446 g/mol. The fraction of sp³-hybridized carbons (Fsp3) is 0.150. The van der Waals surface area contributed by atoms with Gasteiger partial charge in [-0.3, -0.25) is 14.9 Å². The summed E-state index contributed by atoms with van der Waals surface area (Å²) < 4.78 is 15.2. The third-order valence-electron chi connectivity index (χ3n) is 4.07. The summed E-state index contributed by atoms with van der Waals surface area (Å²) in [6, 6.07) is 9.76. The first-order valence-corrected chi connectivity index (χ1v) is 9.17. The molecule has 0 unspecified atom stereocenters. The number of hydrogen-bond donors (Lipinski definition) is 1. The van der Waals surface area contributed by atoms with Crippen LogP contribution < -0.4 is 15.7 Å². The van der Waals surface area contributed by atoms with Crippen molar-refractivity contribution in [2.45, 2.75) is 6.92 Å². The van der Waals surface area contributed by atoms with Crippen molar-refractivity contribution in [1.82, 2.24) is 0 Å². The highest BCUT2D eigenvalue weighted by molar-refractivity contribution is 6.31. The summed E-state index contributed by atoms with van der Waals surface area (Å²) in [5.74, 6) is -1.37. The van der Waals surface area contributed by atoms with Crippen LogP contribution in [0.15, 0.2) is 51.7 Å². The summed E-state index contributed by atoms with van der Waals surface area (Å²) in [5.41, 5.74) is 0.0578. The second-order valence-electron chi connectivity index (χ2n) is 6.32. The van der Waals surface area contributed by atoms with Gasteiger partial charge in [0.05, 0.1) is 4.92 Å². The van der Waals surface area contributed by atoms with Crippen LogP contribution in [0.4, 0.5) is 11.4 Å². The number of esters is 1. The van der Waals surface area contributed by atoms with E-state index in [2.05, 4.69) is 5.32 Å². The van der Waals surface area contributed by atoms with Crippen molar-refractivity contribution >= 4 is 45.8 Å². The molecule has 160 valence electrons. The fourth-order valence-corrected chi connectivity index (χ4v) is 2.85. The molecule has 0 aliphatic rings. The van der Waals surface area contributed by atoms with E-state index in [4.69, 9.17) is 25.5 Å².